The number of hydrogen-bond acceptors (Lipinski definition) is 4. The molecule has 1 heterocycles. The molecule has 3 rings (SSSR count). The predicted molar refractivity (Wildman–Crippen MR) is 74.8 cm³/mol. The van der Waals surface area contributed by atoms with E-state index in [1.807, 2.05) is 0 Å². The molecular formula is C14H15F2N5O. The molecule has 2 atom stereocenters. The van der Waals surface area contributed by atoms with Gasteiger partial charge in [0.2, 0.25) is 0 Å². The second-order valence-corrected chi connectivity index (χ2v) is 5.34. The molecule has 2 aromatic rings. The average molecular weight is 307 g/mol. The third-order valence-electron chi connectivity index (χ3n) is 3.67. The van der Waals surface area contributed by atoms with Crippen LogP contribution in [0.1, 0.15) is 23.2 Å². The molecule has 116 valence electrons. The monoisotopic (exact) mass is 307 g/mol. The van der Waals surface area contributed by atoms with Crippen molar-refractivity contribution in [1.82, 2.24) is 20.3 Å². The van der Waals surface area contributed by atoms with Gasteiger partial charge in [0, 0.05) is 18.9 Å². The van der Waals surface area contributed by atoms with E-state index < -0.39 is 36.8 Å². The van der Waals surface area contributed by atoms with Crippen molar-refractivity contribution in [2.24, 2.45) is 5.73 Å². The summed E-state index contributed by atoms with van der Waals surface area (Å²) in [5.41, 5.74) is 6.47. The van der Waals surface area contributed by atoms with Crippen LogP contribution in [0, 0.1) is 0 Å². The number of carbonyl (C=O) groups is 1. The molecule has 0 radical (unpaired) electrons. The third kappa shape index (κ3) is 2.82. The molecule has 1 saturated carbocycles. The van der Waals surface area contributed by atoms with Crippen molar-refractivity contribution in [2.75, 3.05) is 0 Å². The second-order valence-electron chi connectivity index (χ2n) is 5.34. The molecule has 1 fully saturated rings. The number of carbonyl (C=O) groups excluding carboxylic acids is 1. The van der Waals surface area contributed by atoms with Crippen LogP contribution in [-0.2, 0) is 0 Å². The fourth-order valence-corrected chi connectivity index (χ4v) is 2.63. The highest BCUT2D eigenvalue weighted by molar-refractivity contribution is 5.97. The van der Waals surface area contributed by atoms with Gasteiger partial charge in [-0.05, 0) is 12.1 Å². The number of halogens is 2. The lowest BCUT2D eigenvalue weighted by atomic mass is 10.1. The second kappa shape index (κ2) is 5.45. The number of benzene rings is 1. The Morgan fingerprint density at radius 3 is 2.59 bits per heavy atom. The van der Waals surface area contributed by atoms with Gasteiger partial charge in [-0.25, -0.2) is 8.78 Å². The van der Waals surface area contributed by atoms with Gasteiger partial charge in [-0.3, -0.25) is 4.79 Å². The maximum atomic E-state index is 13.3. The fourth-order valence-electron chi connectivity index (χ4n) is 2.63. The van der Waals surface area contributed by atoms with Crippen molar-refractivity contribution < 1.29 is 13.6 Å². The summed E-state index contributed by atoms with van der Waals surface area (Å²) in [6, 6.07) is 5.19. The summed E-state index contributed by atoms with van der Waals surface area (Å²) < 4.78 is 26.7. The predicted octanol–water partition coefficient (Wildman–Crippen LogP) is 1.12. The Morgan fingerprint density at radius 1 is 1.27 bits per heavy atom. The summed E-state index contributed by atoms with van der Waals surface area (Å²) in [5, 5.41) is 10.6. The first-order chi connectivity index (χ1) is 10.5. The van der Waals surface area contributed by atoms with Gasteiger partial charge in [0.05, 0.1) is 29.7 Å². The number of nitrogens with two attached hydrogens (primary N) is 1. The van der Waals surface area contributed by atoms with E-state index in [1.165, 1.54) is 17.2 Å². The first-order valence-corrected chi connectivity index (χ1v) is 6.86. The minimum atomic E-state index is -2.83. The van der Waals surface area contributed by atoms with Crippen molar-refractivity contribution in [2.45, 2.75) is 30.8 Å². The number of aromatic nitrogens is 3. The molecule has 0 unspecified atom stereocenters. The summed E-state index contributed by atoms with van der Waals surface area (Å²) in [5.74, 6) is -3.30. The zero-order valence-electron chi connectivity index (χ0n) is 11.6. The summed E-state index contributed by atoms with van der Waals surface area (Å²) >= 11 is 0. The number of hydrogen-bond donors (Lipinski definition) is 2. The number of para-hydroxylation sites is 1. The van der Waals surface area contributed by atoms with Crippen molar-refractivity contribution in [3.05, 3.63) is 42.2 Å². The molecule has 1 aromatic carbocycles. The quantitative estimate of drug-likeness (QED) is 0.890. The SMILES string of the molecule is N[C@H]1CC(F)(F)C[C@H]1NC(=O)c1ccccc1-n1nccn1. The molecule has 1 aliphatic rings. The molecule has 22 heavy (non-hydrogen) atoms. The maximum absolute atomic E-state index is 13.3. The maximum Gasteiger partial charge on any atom is 0.253 e. The lowest BCUT2D eigenvalue weighted by Gasteiger charge is -2.17. The van der Waals surface area contributed by atoms with Crippen LogP contribution in [0.15, 0.2) is 36.7 Å². The van der Waals surface area contributed by atoms with Crippen LogP contribution in [0.2, 0.25) is 0 Å². The molecule has 1 aromatic heterocycles. The van der Waals surface area contributed by atoms with E-state index in [9.17, 15) is 13.6 Å². The Morgan fingerprint density at radius 2 is 1.95 bits per heavy atom. The van der Waals surface area contributed by atoms with Crippen molar-refractivity contribution in [3.8, 4) is 5.69 Å². The van der Waals surface area contributed by atoms with Gasteiger partial charge in [0.1, 0.15) is 0 Å². The molecule has 0 aliphatic heterocycles. The Hall–Kier alpha value is -2.35. The van der Waals surface area contributed by atoms with E-state index in [4.69, 9.17) is 5.73 Å². The van der Waals surface area contributed by atoms with Crippen LogP contribution in [0.5, 0.6) is 0 Å². The van der Waals surface area contributed by atoms with Gasteiger partial charge in [-0.1, -0.05) is 12.1 Å². The molecule has 1 aliphatic carbocycles. The van der Waals surface area contributed by atoms with E-state index >= 15 is 0 Å². The molecule has 8 heteroatoms. The molecule has 1 amide bonds. The number of nitrogens with one attached hydrogen (secondary N) is 1. The van der Waals surface area contributed by atoms with Crippen LogP contribution in [0.4, 0.5) is 8.78 Å². The summed E-state index contributed by atoms with van der Waals surface area (Å²) in [4.78, 5) is 13.7. The van der Waals surface area contributed by atoms with E-state index in [2.05, 4.69) is 15.5 Å². The Balaban J connectivity index is 1.82. The van der Waals surface area contributed by atoms with Gasteiger partial charge >= 0.3 is 0 Å². The van der Waals surface area contributed by atoms with Gasteiger partial charge < -0.3 is 11.1 Å². The number of nitrogens with zero attached hydrogens (tertiary/aromatic N) is 3. The van der Waals surface area contributed by atoms with E-state index in [-0.39, 0.29) is 0 Å². The standard InChI is InChI=1S/C14H15F2N5O/c15-14(16)7-10(17)11(8-14)20-13(22)9-3-1-2-4-12(9)21-18-5-6-19-21/h1-6,10-11H,7-8,17H2,(H,20,22)/t10-,11+/m0/s1. The van der Waals surface area contributed by atoms with E-state index in [0.29, 0.717) is 11.3 Å². The molecule has 0 spiro atoms. The highest BCUT2D eigenvalue weighted by Gasteiger charge is 2.45. The minimum absolute atomic E-state index is 0.307. The average Bonchev–Trinajstić information content (AvgIpc) is 3.07. The first-order valence-electron chi connectivity index (χ1n) is 6.86. The van der Waals surface area contributed by atoms with Crippen LogP contribution in [0.25, 0.3) is 5.69 Å². The van der Waals surface area contributed by atoms with Gasteiger partial charge in [-0.15, -0.1) is 0 Å². The fraction of sp³-hybridized carbons (Fsp3) is 0.357. The number of rotatable bonds is 3. The normalized spacial score (nSPS) is 23.4. The zero-order valence-corrected chi connectivity index (χ0v) is 11.6. The van der Waals surface area contributed by atoms with Crippen molar-refractivity contribution in [3.63, 3.8) is 0 Å². The first kappa shape index (κ1) is 14.6. The van der Waals surface area contributed by atoms with Gasteiger partial charge in [0.25, 0.3) is 11.8 Å². The minimum Gasteiger partial charge on any atom is -0.347 e. The largest absolute Gasteiger partial charge is 0.347 e. The lowest BCUT2D eigenvalue weighted by molar-refractivity contribution is 0.00614. The molecular weight excluding hydrogens is 292 g/mol. The Bertz CT molecular complexity index is 674. The van der Waals surface area contributed by atoms with Gasteiger partial charge in [-0.2, -0.15) is 15.0 Å². The number of amides is 1. The van der Waals surface area contributed by atoms with Crippen molar-refractivity contribution >= 4 is 5.91 Å². The number of alkyl halides is 2. The molecule has 6 nitrogen and oxygen atoms in total. The van der Waals surface area contributed by atoms with Crippen LogP contribution < -0.4 is 11.1 Å². The van der Waals surface area contributed by atoms with Crippen LogP contribution in [0.3, 0.4) is 0 Å². The molecule has 0 saturated heterocycles. The lowest BCUT2D eigenvalue weighted by Crippen LogP contribution is -2.44. The van der Waals surface area contributed by atoms with E-state index in [0.717, 1.165) is 0 Å². The van der Waals surface area contributed by atoms with Gasteiger partial charge in [0.15, 0.2) is 0 Å². The summed E-state index contributed by atoms with van der Waals surface area (Å²) in [6.45, 7) is 0. The Kier molecular flexibility index (Phi) is 3.61. The van der Waals surface area contributed by atoms with Crippen LogP contribution in [-0.4, -0.2) is 38.9 Å². The topological polar surface area (TPSA) is 85.8 Å². The van der Waals surface area contributed by atoms with E-state index in [1.54, 1.807) is 24.3 Å². The third-order valence-corrected chi connectivity index (χ3v) is 3.67. The Labute approximate surface area is 125 Å². The van der Waals surface area contributed by atoms with Crippen LogP contribution >= 0.6 is 0 Å². The smallest absolute Gasteiger partial charge is 0.253 e. The van der Waals surface area contributed by atoms with Crippen molar-refractivity contribution in [1.29, 1.82) is 0 Å². The summed E-state index contributed by atoms with van der Waals surface area (Å²) in [6.07, 6.45) is 2.12. The molecule has 3 N–H and O–H groups in total. The highest BCUT2D eigenvalue weighted by Crippen LogP contribution is 2.34. The molecule has 0 bridgehead atoms. The zero-order chi connectivity index (χ0) is 15.7. The highest BCUT2D eigenvalue weighted by atomic mass is 19.3. The summed E-state index contributed by atoms with van der Waals surface area (Å²) in [7, 11) is 0.